The van der Waals surface area contributed by atoms with Crippen molar-refractivity contribution >= 4 is 17.3 Å². The minimum Gasteiger partial charge on any atom is -0.507 e. The third-order valence-corrected chi connectivity index (χ3v) is 2.85. The molecule has 0 spiro atoms. The SMILES string of the molecule is Cc1ccc(NC(=O)c2ccc(C)cc2O)c(N)c1. The van der Waals surface area contributed by atoms with Crippen molar-refractivity contribution in [1.29, 1.82) is 0 Å². The molecule has 0 bridgehead atoms. The van der Waals surface area contributed by atoms with E-state index >= 15 is 0 Å². The Morgan fingerprint density at radius 1 is 1.11 bits per heavy atom. The summed E-state index contributed by atoms with van der Waals surface area (Å²) in [6, 6.07) is 10.3. The second kappa shape index (κ2) is 5.02. The number of nitrogens with one attached hydrogen (secondary N) is 1. The summed E-state index contributed by atoms with van der Waals surface area (Å²) in [4.78, 5) is 12.1. The number of amides is 1. The lowest BCUT2D eigenvalue weighted by molar-refractivity contribution is 0.102. The molecule has 0 saturated carbocycles. The third-order valence-electron chi connectivity index (χ3n) is 2.85. The molecule has 0 saturated heterocycles. The summed E-state index contributed by atoms with van der Waals surface area (Å²) >= 11 is 0. The molecule has 2 rings (SSSR count). The Bertz CT molecular complexity index is 636. The lowest BCUT2D eigenvalue weighted by Crippen LogP contribution is -2.13. The summed E-state index contributed by atoms with van der Waals surface area (Å²) in [5, 5.41) is 12.5. The maximum atomic E-state index is 12.1. The predicted octanol–water partition coefficient (Wildman–Crippen LogP) is 2.84. The van der Waals surface area contributed by atoms with E-state index in [0.29, 0.717) is 11.4 Å². The molecule has 0 aliphatic rings. The number of phenolic OH excluding ortho intramolecular Hbond substituents is 1. The van der Waals surface area contributed by atoms with Gasteiger partial charge in [-0.3, -0.25) is 4.79 Å². The summed E-state index contributed by atoms with van der Waals surface area (Å²) in [5.41, 5.74) is 9.01. The molecule has 0 radical (unpaired) electrons. The van der Waals surface area contributed by atoms with Gasteiger partial charge in [-0.1, -0.05) is 12.1 Å². The number of phenols is 1. The molecule has 1 amide bonds. The van der Waals surface area contributed by atoms with Crippen LogP contribution in [0.4, 0.5) is 11.4 Å². The molecule has 0 unspecified atom stereocenters. The van der Waals surface area contributed by atoms with Crippen LogP contribution in [0.1, 0.15) is 21.5 Å². The first-order chi connectivity index (χ1) is 8.97. The topological polar surface area (TPSA) is 75.3 Å². The van der Waals surface area contributed by atoms with Gasteiger partial charge < -0.3 is 16.2 Å². The van der Waals surface area contributed by atoms with E-state index in [-0.39, 0.29) is 17.2 Å². The molecule has 4 heteroatoms. The van der Waals surface area contributed by atoms with Crippen LogP contribution in [0.2, 0.25) is 0 Å². The number of aromatic hydroxyl groups is 1. The normalized spacial score (nSPS) is 10.2. The van der Waals surface area contributed by atoms with Crippen molar-refractivity contribution < 1.29 is 9.90 Å². The Morgan fingerprint density at radius 3 is 2.37 bits per heavy atom. The Labute approximate surface area is 111 Å². The molecule has 19 heavy (non-hydrogen) atoms. The van der Waals surface area contributed by atoms with E-state index in [1.165, 1.54) is 0 Å². The number of carbonyl (C=O) groups is 1. The Kier molecular flexibility index (Phi) is 3.42. The lowest BCUT2D eigenvalue weighted by Gasteiger charge is -2.10. The van der Waals surface area contributed by atoms with Crippen LogP contribution in [0, 0.1) is 13.8 Å². The predicted molar refractivity (Wildman–Crippen MR) is 76.4 cm³/mol. The number of rotatable bonds is 2. The van der Waals surface area contributed by atoms with Crippen molar-refractivity contribution in [3.05, 3.63) is 53.1 Å². The molecule has 98 valence electrons. The summed E-state index contributed by atoms with van der Waals surface area (Å²) in [5.74, 6) is -0.420. The van der Waals surface area contributed by atoms with Crippen molar-refractivity contribution in [3.8, 4) is 5.75 Å². The number of hydrogen-bond acceptors (Lipinski definition) is 3. The van der Waals surface area contributed by atoms with E-state index in [2.05, 4.69) is 5.32 Å². The van der Waals surface area contributed by atoms with Gasteiger partial charge in [0.05, 0.1) is 16.9 Å². The first-order valence-electron chi connectivity index (χ1n) is 5.94. The number of aryl methyl sites for hydroxylation is 2. The van der Waals surface area contributed by atoms with Crippen molar-refractivity contribution in [2.24, 2.45) is 0 Å². The highest BCUT2D eigenvalue weighted by Gasteiger charge is 2.12. The molecule has 0 aromatic heterocycles. The number of benzene rings is 2. The van der Waals surface area contributed by atoms with Gasteiger partial charge in [-0.25, -0.2) is 0 Å². The van der Waals surface area contributed by atoms with Gasteiger partial charge in [-0.05, 0) is 49.2 Å². The summed E-state index contributed by atoms with van der Waals surface area (Å²) in [6.07, 6.45) is 0. The summed E-state index contributed by atoms with van der Waals surface area (Å²) < 4.78 is 0. The molecule has 0 fully saturated rings. The smallest absolute Gasteiger partial charge is 0.259 e. The standard InChI is InChI=1S/C15H16N2O2/c1-9-4-6-13(12(16)7-9)17-15(19)11-5-3-10(2)8-14(11)18/h3-8,18H,16H2,1-2H3,(H,17,19). The molecular weight excluding hydrogens is 240 g/mol. The summed E-state index contributed by atoms with van der Waals surface area (Å²) in [7, 11) is 0. The highest BCUT2D eigenvalue weighted by Crippen LogP contribution is 2.23. The number of carbonyl (C=O) groups excluding carboxylic acids is 1. The minimum atomic E-state index is -0.381. The molecule has 2 aromatic carbocycles. The van der Waals surface area contributed by atoms with E-state index in [1.54, 1.807) is 30.3 Å². The fourth-order valence-electron chi connectivity index (χ4n) is 1.82. The van der Waals surface area contributed by atoms with Crippen LogP contribution in [0.15, 0.2) is 36.4 Å². The van der Waals surface area contributed by atoms with Gasteiger partial charge in [0.15, 0.2) is 0 Å². The number of nitrogen functional groups attached to an aromatic ring is 1. The second-order valence-electron chi connectivity index (χ2n) is 4.57. The van der Waals surface area contributed by atoms with E-state index in [4.69, 9.17) is 5.73 Å². The van der Waals surface area contributed by atoms with Crippen molar-refractivity contribution in [1.82, 2.24) is 0 Å². The van der Waals surface area contributed by atoms with Gasteiger partial charge in [0.1, 0.15) is 5.75 Å². The fourth-order valence-corrected chi connectivity index (χ4v) is 1.82. The summed E-state index contributed by atoms with van der Waals surface area (Å²) in [6.45, 7) is 3.77. The van der Waals surface area contributed by atoms with E-state index in [1.807, 2.05) is 19.9 Å². The van der Waals surface area contributed by atoms with Gasteiger partial charge in [-0.2, -0.15) is 0 Å². The lowest BCUT2D eigenvalue weighted by atomic mass is 10.1. The molecule has 4 N–H and O–H groups in total. The minimum absolute atomic E-state index is 0.0387. The van der Waals surface area contributed by atoms with Crippen LogP contribution < -0.4 is 11.1 Å². The first kappa shape index (κ1) is 13.0. The maximum absolute atomic E-state index is 12.1. The fraction of sp³-hybridized carbons (Fsp3) is 0.133. The zero-order valence-corrected chi connectivity index (χ0v) is 10.9. The Morgan fingerprint density at radius 2 is 1.74 bits per heavy atom. The molecule has 2 aromatic rings. The van der Waals surface area contributed by atoms with E-state index in [0.717, 1.165) is 11.1 Å². The van der Waals surface area contributed by atoms with Crippen molar-refractivity contribution in [2.75, 3.05) is 11.1 Å². The van der Waals surface area contributed by atoms with E-state index in [9.17, 15) is 9.90 Å². The quantitative estimate of drug-likeness (QED) is 0.723. The van der Waals surface area contributed by atoms with Crippen molar-refractivity contribution in [3.63, 3.8) is 0 Å². The molecule has 0 aliphatic heterocycles. The Hall–Kier alpha value is -2.49. The third kappa shape index (κ3) is 2.85. The molecule has 0 heterocycles. The number of anilines is 2. The number of nitrogens with two attached hydrogens (primary N) is 1. The first-order valence-corrected chi connectivity index (χ1v) is 5.94. The molecule has 0 aliphatic carbocycles. The molecular formula is C15H16N2O2. The van der Waals surface area contributed by atoms with Crippen LogP contribution in [0.3, 0.4) is 0 Å². The van der Waals surface area contributed by atoms with Gasteiger partial charge >= 0.3 is 0 Å². The molecule has 4 nitrogen and oxygen atoms in total. The largest absolute Gasteiger partial charge is 0.507 e. The van der Waals surface area contributed by atoms with Crippen LogP contribution in [0.25, 0.3) is 0 Å². The molecule has 0 atom stereocenters. The van der Waals surface area contributed by atoms with Gasteiger partial charge in [0, 0.05) is 0 Å². The van der Waals surface area contributed by atoms with Crippen molar-refractivity contribution in [2.45, 2.75) is 13.8 Å². The average Bonchev–Trinajstić information content (AvgIpc) is 2.32. The van der Waals surface area contributed by atoms with Crippen LogP contribution in [-0.4, -0.2) is 11.0 Å². The highest BCUT2D eigenvalue weighted by atomic mass is 16.3. The van der Waals surface area contributed by atoms with Crippen LogP contribution in [0.5, 0.6) is 5.75 Å². The van der Waals surface area contributed by atoms with E-state index < -0.39 is 0 Å². The maximum Gasteiger partial charge on any atom is 0.259 e. The van der Waals surface area contributed by atoms with Crippen LogP contribution >= 0.6 is 0 Å². The van der Waals surface area contributed by atoms with Gasteiger partial charge in [-0.15, -0.1) is 0 Å². The second-order valence-corrected chi connectivity index (χ2v) is 4.57. The zero-order valence-electron chi connectivity index (χ0n) is 10.9. The van der Waals surface area contributed by atoms with Gasteiger partial charge in [0.2, 0.25) is 0 Å². The van der Waals surface area contributed by atoms with Crippen LogP contribution in [-0.2, 0) is 0 Å². The zero-order chi connectivity index (χ0) is 14.0. The number of hydrogen-bond donors (Lipinski definition) is 3. The Balaban J connectivity index is 2.25. The monoisotopic (exact) mass is 256 g/mol. The van der Waals surface area contributed by atoms with Gasteiger partial charge in [0.25, 0.3) is 5.91 Å². The average molecular weight is 256 g/mol. The highest BCUT2D eigenvalue weighted by molar-refractivity contribution is 6.07.